The summed E-state index contributed by atoms with van der Waals surface area (Å²) in [6, 6.07) is 10.6. The molecule has 36 heavy (non-hydrogen) atoms. The van der Waals surface area contributed by atoms with Crippen molar-refractivity contribution in [3.05, 3.63) is 95.3 Å². The highest BCUT2D eigenvalue weighted by Gasteiger charge is 2.23. The molecule has 1 heterocycles. The number of azo groups is 1. The lowest BCUT2D eigenvalue weighted by atomic mass is 10.0. The summed E-state index contributed by atoms with van der Waals surface area (Å²) in [5.41, 5.74) is -2.58. The molecule has 0 bridgehead atoms. The van der Waals surface area contributed by atoms with Crippen LogP contribution in [0.3, 0.4) is 0 Å². The summed E-state index contributed by atoms with van der Waals surface area (Å²) in [4.78, 5) is 12.7. The molecule has 1 N–H and O–H groups in total. The molecule has 1 aromatic heterocycles. The number of benzene rings is 3. The Balaban J connectivity index is 1.67. The highest BCUT2D eigenvalue weighted by Crippen LogP contribution is 2.35. The number of halogens is 6. The molecule has 0 aliphatic heterocycles. The number of aromatic nitrogens is 2. The Bertz CT molecular complexity index is 1440. The topological polar surface area (TPSA) is 71.6 Å². The Labute approximate surface area is 199 Å². The zero-order valence-corrected chi connectivity index (χ0v) is 18.3. The van der Waals surface area contributed by atoms with Crippen molar-refractivity contribution in [1.29, 1.82) is 0 Å². The van der Waals surface area contributed by atoms with E-state index in [9.17, 15) is 31.1 Å². The minimum atomic E-state index is -3.00. The van der Waals surface area contributed by atoms with E-state index in [2.05, 4.69) is 20.6 Å². The molecule has 0 aliphatic rings. The van der Waals surface area contributed by atoms with Crippen molar-refractivity contribution in [2.75, 3.05) is 5.32 Å². The first kappa shape index (κ1) is 24.6. The maximum atomic E-state index is 14.7. The van der Waals surface area contributed by atoms with E-state index in [0.29, 0.717) is 0 Å². The lowest BCUT2D eigenvalue weighted by Crippen LogP contribution is -2.14. The van der Waals surface area contributed by atoms with Gasteiger partial charge in [0.15, 0.2) is 34.6 Å². The maximum absolute atomic E-state index is 14.7. The third-order valence-corrected chi connectivity index (χ3v) is 5.00. The zero-order chi connectivity index (χ0) is 26.0. The smallest absolute Gasteiger partial charge is 0.282 e. The van der Waals surface area contributed by atoms with Crippen molar-refractivity contribution < 1.29 is 31.1 Å². The second kappa shape index (κ2) is 10.0. The van der Waals surface area contributed by atoms with Crippen molar-refractivity contribution >= 4 is 23.0 Å². The first-order valence-electron chi connectivity index (χ1n) is 10.2. The van der Waals surface area contributed by atoms with Gasteiger partial charge in [-0.1, -0.05) is 24.3 Å². The van der Waals surface area contributed by atoms with Gasteiger partial charge < -0.3 is 5.32 Å². The molecule has 0 unspecified atom stereocenters. The van der Waals surface area contributed by atoms with E-state index in [1.165, 1.54) is 31.3 Å². The fraction of sp³-hybridized carbons (Fsp3) is 0.0833. The summed E-state index contributed by atoms with van der Waals surface area (Å²) >= 11 is 0. The van der Waals surface area contributed by atoms with Crippen LogP contribution in [0.25, 0.3) is 11.1 Å². The average Bonchev–Trinajstić information content (AvgIpc) is 3.22. The van der Waals surface area contributed by atoms with Gasteiger partial charge in [0.05, 0.1) is 5.56 Å². The monoisotopic (exact) mass is 503 g/mol. The molecule has 12 heteroatoms. The molecular weight excluding hydrogens is 488 g/mol. The third-order valence-electron chi connectivity index (χ3n) is 5.00. The summed E-state index contributed by atoms with van der Waals surface area (Å²) in [5, 5.41) is 12.6. The van der Waals surface area contributed by atoms with E-state index < -0.39 is 52.7 Å². The van der Waals surface area contributed by atoms with Gasteiger partial charge in [-0.25, -0.2) is 26.3 Å². The second-order valence-corrected chi connectivity index (χ2v) is 7.46. The van der Waals surface area contributed by atoms with Crippen molar-refractivity contribution in [3.8, 4) is 11.1 Å². The number of amides is 1. The molecular formula is C24H15F6N5O. The van der Waals surface area contributed by atoms with Crippen LogP contribution in [-0.2, 0) is 7.05 Å². The number of alkyl halides is 2. The lowest BCUT2D eigenvalue weighted by molar-refractivity contribution is 0.101. The van der Waals surface area contributed by atoms with E-state index in [4.69, 9.17) is 0 Å². The Kier molecular flexibility index (Phi) is 6.86. The Morgan fingerprint density at radius 1 is 0.889 bits per heavy atom. The molecule has 184 valence electrons. The summed E-state index contributed by atoms with van der Waals surface area (Å²) in [6.07, 6.45) is -1.87. The molecule has 0 radical (unpaired) electrons. The number of carbonyl (C=O) groups excluding carboxylic acids is 1. The number of nitrogens with zero attached hydrogens (tertiary/aromatic N) is 4. The first-order chi connectivity index (χ1) is 17.2. The number of hydrogen-bond acceptors (Lipinski definition) is 4. The highest BCUT2D eigenvalue weighted by atomic mass is 19.3. The van der Waals surface area contributed by atoms with Gasteiger partial charge in [0.1, 0.15) is 5.69 Å². The molecule has 3 aromatic carbocycles. The summed E-state index contributed by atoms with van der Waals surface area (Å²) < 4.78 is 84.4. The van der Waals surface area contributed by atoms with Gasteiger partial charge in [-0.15, -0.1) is 10.2 Å². The normalized spacial score (nSPS) is 11.4. The number of hydrogen-bond donors (Lipinski definition) is 1. The molecule has 1 amide bonds. The first-order valence-corrected chi connectivity index (χ1v) is 10.2. The molecule has 0 saturated heterocycles. The van der Waals surface area contributed by atoms with Crippen LogP contribution in [0.2, 0.25) is 0 Å². The van der Waals surface area contributed by atoms with Crippen LogP contribution in [0.15, 0.2) is 71.0 Å². The molecule has 0 fully saturated rings. The minimum absolute atomic E-state index is 0.0304. The third kappa shape index (κ3) is 4.97. The number of para-hydroxylation sites is 1. The van der Waals surface area contributed by atoms with Gasteiger partial charge in [0.2, 0.25) is 0 Å². The van der Waals surface area contributed by atoms with Crippen LogP contribution in [-0.4, -0.2) is 15.7 Å². The van der Waals surface area contributed by atoms with Gasteiger partial charge in [0.25, 0.3) is 12.3 Å². The molecule has 0 aliphatic carbocycles. The maximum Gasteiger partial charge on any atom is 0.282 e. The van der Waals surface area contributed by atoms with Crippen LogP contribution in [0.4, 0.5) is 43.4 Å². The summed E-state index contributed by atoms with van der Waals surface area (Å²) in [7, 11) is 1.38. The van der Waals surface area contributed by atoms with Gasteiger partial charge in [-0.2, -0.15) is 5.10 Å². The van der Waals surface area contributed by atoms with Crippen LogP contribution >= 0.6 is 0 Å². The van der Waals surface area contributed by atoms with E-state index in [0.717, 1.165) is 41.2 Å². The predicted octanol–water partition coefficient (Wildman–Crippen LogP) is 7.25. The molecule has 4 rings (SSSR count). The number of aryl methyl sites for hydroxylation is 1. The van der Waals surface area contributed by atoms with Gasteiger partial charge in [-0.05, 0) is 35.9 Å². The average molecular weight is 503 g/mol. The number of anilines is 1. The summed E-state index contributed by atoms with van der Waals surface area (Å²) in [6.45, 7) is 0. The SMILES string of the molecule is Cn1cc(C(=O)Nc2ccccc2-c2cc(F)c(N=Nc3c(F)cccc3F)c(F)c2)c(C(F)F)n1. The van der Waals surface area contributed by atoms with Crippen molar-refractivity contribution in [3.63, 3.8) is 0 Å². The van der Waals surface area contributed by atoms with E-state index in [1.54, 1.807) is 0 Å². The second-order valence-electron chi connectivity index (χ2n) is 7.46. The predicted molar refractivity (Wildman–Crippen MR) is 118 cm³/mol. The van der Waals surface area contributed by atoms with Crippen LogP contribution in [0.1, 0.15) is 22.5 Å². The fourth-order valence-corrected chi connectivity index (χ4v) is 3.38. The largest absolute Gasteiger partial charge is 0.321 e. The van der Waals surface area contributed by atoms with E-state index in [1.807, 2.05) is 0 Å². The van der Waals surface area contributed by atoms with E-state index >= 15 is 0 Å². The zero-order valence-electron chi connectivity index (χ0n) is 18.3. The van der Waals surface area contributed by atoms with Gasteiger partial charge in [-0.3, -0.25) is 9.48 Å². The van der Waals surface area contributed by atoms with Gasteiger partial charge in [0, 0.05) is 24.5 Å². The lowest BCUT2D eigenvalue weighted by Gasteiger charge is -2.12. The highest BCUT2D eigenvalue weighted by molar-refractivity contribution is 6.07. The molecule has 4 aromatic rings. The van der Waals surface area contributed by atoms with Crippen molar-refractivity contribution in [2.45, 2.75) is 6.43 Å². The standard InChI is InChI=1S/C24H15F6N5O/c1-35-11-14(20(34-35)23(29)30)24(36)31-19-8-3-2-5-13(19)12-9-17(27)22(18(28)10-12)33-32-21-15(25)6-4-7-16(21)26/h2-11,23H,1H3,(H,31,36). The summed E-state index contributed by atoms with van der Waals surface area (Å²) in [5.74, 6) is -5.42. The Morgan fingerprint density at radius 2 is 1.47 bits per heavy atom. The quantitative estimate of drug-likeness (QED) is 0.222. The number of rotatable bonds is 6. The van der Waals surface area contributed by atoms with Gasteiger partial charge >= 0.3 is 0 Å². The van der Waals surface area contributed by atoms with Crippen LogP contribution in [0.5, 0.6) is 0 Å². The van der Waals surface area contributed by atoms with Crippen LogP contribution < -0.4 is 5.32 Å². The van der Waals surface area contributed by atoms with Crippen LogP contribution in [0, 0.1) is 23.3 Å². The minimum Gasteiger partial charge on any atom is -0.321 e. The van der Waals surface area contributed by atoms with Crippen molar-refractivity contribution in [1.82, 2.24) is 9.78 Å². The number of carbonyl (C=O) groups is 1. The number of nitrogens with one attached hydrogen (secondary N) is 1. The fourth-order valence-electron chi connectivity index (χ4n) is 3.38. The van der Waals surface area contributed by atoms with Crippen molar-refractivity contribution in [2.24, 2.45) is 17.3 Å². The Morgan fingerprint density at radius 3 is 2.08 bits per heavy atom. The van der Waals surface area contributed by atoms with E-state index in [-0.39, 0.29) is 22.4 Å². The molecule has 0 saturated carbocycles. The molecule has 6 nitrogen and oxygen atoms in total. The molecule has 0 spiro atoms. The Hall–Kier alpha value is -4.48. The molecule has 0 atom stereocenters.